The molecule has 0 amide bonds. The topological polar surface area (TPSA) is 38.7 Å². The lowest BCUT2D eigenvalue weighted by Crippen LogP contribution is -1.92. The zero-order chi connectivity index (χ0) is 17.3. The average molecular weight is 410 g/mol. The van der Waals surface area contributed by atoms with E-state index >= 15 is 0 Å². The highest BCUT2D eigenvalue weighted by Crippen LogP contribution is 2.37. The molecular weight excluding hydrogens is 398 g/mol. The number of hydrogen-bond acceptors (Lipinski definition) is 7. The Morgan fingerprint density at radius 1 is 0.615 bits per heavy atom. The first kappa shape index (κ1) is 16.0. The summed E-state index contributed by atoms with van der Waals surface area (Å²) in [5.74, 6) is 0.682. The zero-order valence-corrected chi connectivity index (χ0v) is 16.6. The third-order valence-corrected chi connectivity index (χ3v) is 8.09. The van der Waals surface area contributed by atoms with E-state index in [1.807, 2.05) is 0 Å². The van der Waals surface area contributed by atoms with Crippen molar-refractivity contribution in [2.75, 3.05) is 0 Å². The Labute approximate surface area is 166 Å². The van der Waals surface area contributed by atoms with Gasteiger partial charge in [0.2, 0.25) is 0 Å². The third kappa shape index (κ3) is 3.03. The summed E-state index contributed by atoms with van der Waals surface area (Å²) in [6.45, 7) is 0. The van der Waals surface area contributed by atoms with Crippen LogP contribution in [0, 0.1) is 0 Å². The van der Waals surface area contributed by atoms with E-state index in [1.165, 1.54) is 19.5 Å². The van der Waals surface area contributed by atoms with Gasteiger partial charge in [-0.25, -0.2) is 4.98 Å². The lowest BCUT2D eigenvalue weighted by molar-refractivity contribution is 0.990. The summed E-state index contributed by atoms with van der Waals surface area (Å²) in [7, 11) is 0. The third-order valence-electron chi connectivity index (χ3n) is 3.77. The molecule has 0 N–H and O–H groups in total. The number of aromatic nitrogens is 3. The van der Waals surface area contributed by atoms with Crippen LogP contribution in [-0.4, -0.2) is 15.2 Å². The van der Waals surface area contributed by atoms with Gasteiger partial charge in [0, 0.05) is 19.5 Å². The molecule has 0 fully saturated rings. The van der Waals surface area contributed by atoms with Gasteiger partial charge in [-0.2, -0.15) is 5.10 Å². The Bertz CT molecular complexity index is 1050. The lowest BCUT2D eigenvalue weighted by Gasteiger charge is -1.99. The van der Waals surface area contributed by atoms with Gasteiger partial charge in [0.05, 0.1) is 16.0 Å². The van der Waals surface area contributed by atoms with Gasteiger partial charge >= 0.3 is 0 Å². The minimum atomic E-state index is 0.682. The monoisotopic (exact) mass is 409 g/mol. The fraction of sp³-hybridized carbons (Fsp3) is 0. The first-order valence-electron chi connectivity index (χ1n) is 7.85. The largest absolute Gasteiger partial charge is 0.223 e. The van der Waals surface area contributed by atoms with E-state index in [9.17, 15) is 0 Å². The Balaban J connectivity index is 1.48. The van der Waals surface area contributed by atoms with E-state index in [-0.39, 0.29) is 0 Å². The van der Waals surface area contributed by atoms with Crippen LogP contribution in [0.15, 0.2) is 65.5 Å². The predicted octanol–water partition coefficient (Wildman–Crippen LogP) is 6.79. The summed E-state index contributed by atoms with van der Waals surface area (Å²) in [6, 6.07) is 16.9. The van der Waals surface area contributed by atoms with Crippen LogP contribution in [-0.2, 0) is 0 Å². The van der Waals surface area contributed by atoms with Crippen molar-refractivity contribution in [1.82, 2.24) is 15.2 Å². The van der Waals surface area contributed by atoms with Crippen LogP contribution < -0.4 is 0 Å². The van der Waals surface area contributed by atoms with Crippen LogP contribution >= 0.6 is 45.3 Å². The van der Waals surface area contributed by atoms with Crippen molar-refractivity contribution < 1.29 is 0 Å². The molecule has 0 aromatic carbocycles. The molecule has 0 aliphatic carbocycles. The van der Waals surface area contributed by atoms with Crippen LogP contribution in [0.25, 0.3) is 40.8 Å². The van der Waals surface area contributed by atoms with Gasteiger partial charge in [-0.1, -0.05) is 12.1 Å². The molecule has 0 atom stereocenters. The highest BCUT2D eigenvalue weighted by molar-refractivity contribution is 7.23. The molecule has 26 heavy (non-hydrogen) atoms. The van der Waals surface area contributed by atoms with Crippen LogP contribution in [0.3, 0.4) is 0 Å². The van der Waals surface area contributed by atoms with E-state index < -0.39 is 0 Å². The van der Waals surface area contributed by atoms with E-state index in [2.05, 4.69) is 69.5 Å². The number of hydrogen-bond donors (Lipinski definition) is 0. The van der Waals surface area contributed by atoms with Crippen molar-refractivity contribution >= 4 is 45.3 Å². The molecule has 7 heteroatoms. The highest BCUT2D eigenvalue weighted by atomic mass is 32.1. The first-order chi connectivity index (χ1) is 12.9. The minimum absolute atomic E-state index is 0.682. The second kappa shape index (κ2) is 6.85. The predicted molar refractivity (Wildman–Crippen MR) is 113 cm³/mol. The normalized spacial score (nSPS) is 11.1. The molecule has 126 valence electrons. The van der Waals surface area contributed by atoms with Gasteiger partial charge in [0.1, 0.15) is 5.69 Å². The fourth-order valence-electron chi connectivity index (χ4n) is 2.56. The fourth-order valence-corrected chi connectivity index (χ4v) is 6.13. The first-order valence-corrected chi connectivity index (χ1v) is 11.2. The molecule has 0 aliphatic rings. The Kier molecular flexibility index (Phi) is 4.22. The van der Waals surface area contributed by atoms with Crippen molar-refractivity contribution in [1.29, 1.82) is 0 Å². The Morgan fingerprint density at radius 3 is 1.88 bits per heavy atom. The summed E-state index contributed by atoms with van der Waals surface area (Å²) >= 11 is 6.93. The second-order valence-electron chi connectivity index (χ2n) is 5.45. The smallest absolute Gasteiger partial charge is 0.192 e. The van der Waals surface area contributed by atoms with Crippen molar-refractivity contribution in [3.05, 3.63) is 65.5 Å². The van der Waals surface area contributed by atoms with Gasteiger partial charge < -0.3 is 0 Å². The maximum absolute atomic E-state index is 4.76. The molecule has 3 nitrogen and oxygen atoms in total. The molecule has 5 rings (SSSR count). The maximum Gasteiger partial charge on any atom is 0.192 e. The average Bonchev–Trinajstić information content (AvgIpc) is 3.49. The van der Waals surface area contributed by atoms with Crippen molar-refractivity contribution in [3.63, 3.8) is 0 Å². The van der Waals surface area contributed by atoms with Gasteiger partial charge in [-0.05, 0) is 47.2 Å². The summed E-state index contributed by atoms with van der Waals surface area (Å²) in [6.07, 6.45) is 1.74. The van der Waals surface area contributed by atoms with Crippen LogP contribution in [0.5, 0.6) is 0 Å². The number of nitrogens with zero attached hydrogens (tertiary/aromatic N) is 3. The quantitative estimate of drug-likeness (QED) is 0.328. The van der Waals surface area contributed by atoms with Crippen molar-refractivity contribution in [2.24, 2.45) is 0 Å². The summed E-state index contributed by atoms with van der Waals surface area (Å²) in [5, 5.41) is 12.6. The van der Waals surface area contributed by atoms with E-state index in [0.29, 0.717) is 5.82 Å². The molecule has 0 radical (unpaired) electrons. The van der Waals surface area contributed by atoms with Crippen LogP contribution in [0.4, 0.5) is 0 Å². The lowest BCUT2D eigenvalue weighted by atomic mass is 10.3. The molecule has 0 saturated heterocycles. The maximum atomic E-state index is 4.76. The zero-order valence-electron chi connectivity index (χ0n) is 13.3. The standard InChI is InChI=1S/C19H11N3S4/c1-3-14(23-9-1)16-6-5-13(25-16)12-11-20-22-19(21-12)18-8-7-17(26-18)15-4-2-10-24-15/h1-11H. The highest BCUT2D eigenvalue weighted by Gasteiger charge is 2.12. The summed E-state index contributed by atoms with van der Waals surface area (Å²) in [5.41, 5.74) is 0.869. The summed E-state index contributed by atoms with van der Waals surface area (Å²) in [4.78, 5) is 11.9. The van der Waals surface area contributed by atoms with E-state index in [1.54, 1.807) is 51.5 Å². The summed E-state index contributed by atoms with van der Waals surface area (Å²) < 4.78 is 0. The molecule has 0 unspecified atom stereocenters. The van der Waals surface area contributed by atoms with Gasteiger partial charge in [-0.3, -0.25) is 0 Å². The molecule has 5 aromatic heterocycles. The van der Waals surface area contributed by atoms with Gasteiger partial charge in [0.15, 0.2) is 5.82 Å². The molecule has 0 saturated carbocycles. The number of rotatable bonds is 4. The Hall–Kier alpha value is -2.19. The molecular formula is C19H11N3S4. The SMILES string of the molecule is c1csc(-c2ccc(-c3cnnc(-c4ccc(-c5cccs5)s4)n3)s2)c1. The van der Waals surface area contributed by atoms with Crippen molar-refractivity contribution in [3.8, 4) is 40.8 Å². The van der Waals surface area contributed by atoms with E-state index in [0.717, 1.165) is 15.4 Å². The van der Waals surface area contributed by atoms with E-state index in [4.69, 9.17) is 4.98 Å². The van der Waals surface area contributed by atoms with Gasteiger partial charge in [-0.15, -0.1) is 50.4 Å². The minimum Gasteiger partial charge on any atom is -0.223 e. The molecule has 0 bridgehead atoms. The van der Waals surface area contributed by atoms with Crippen LogP contribution in [0.1, 0.15) is 0 Å². The number of thiophene rings is 4. The van der Waals surface area contributed by atoms with Gasteiger partial charge in [0.25, 0.3) is 0 Å². The van der Waals surface area contributed by atoms with Crippen molar-refractivity contribution in [2.45, 2.75) is 0 Å². The molecule has 0 spiro atoms. The molecule has 5 aromatic rings. The molecule has 5 heterocycles. The second-order valence-corrected chi connectivity index (χ2v) is 9.51. The van der Waals surface area contributed by atoms with Crippen LogP contribution in [0.2, 0.25) is 0 Å². The molecule has 0 aliphatic heterocycles. The Morgan fingerprint density at radius 2 is 1.23 bits per heavy atom.